The molecule has 3 aromatic rings. The summed E-state index contributed by atoms with van der Waals surface area (Å²) in [6.45, 7) is 3.02. The van der Waals surface area contributed by atoms with E-state index in [4.69, 9.17) is 18.9 Å². The van der Waals surface area contributed by atoms with Crippen molar-refractivity contribution in [3.8, 4) is 23.0 Å². The summed E-state index contributed by atoms with van der Waals surface area (Å²) in [7, 11) is 6.58. The van der Waals surface area contributed by atoms with E-state index in [9.17, 15) is 0 Å². The first-order valence-electron chi connectivity index (χ1n) is 9.49. The second-order valence-corrected chi connectivity index (χ2v) is 6.95. The first-order chi connectivity index (χ1) is 14.1. The molecule has 0 saturated heterocycles. The number of ether oxygens (including phenoxy) is 4. The van der Waals surface area contributed by atoms with E-state index < -0.39 is 0 Å². The normalized spacial score (nSPS) is 15.8. The van der Waals surface area contributed by atoms with Crippen molar-refractivity contribution in [3.63, 3.8) is 0 Å². The molecule has 0 fully saturated rings. The minimum Gasteiger partial charge on any atom is -0.493 e. The average molecular weight is 395 g/mol. The molecule has 0 amide bonds. The van der Waals surface area contributed by atoms with Crippen LogP contribution in [0.5, 0.6) is 23.0 Å². The third-order valence-corrected chi connectivity index (χ3v) is 5.58. The van der Waals surface area contributed by atoms with E-state index in [1.54, 1.807) is 34.8 Å². The Balaban J connectivity index is 1.81. The van der Waals surface area contributed by atoms with E-state index in [1.165, 1.54) is 11.1 Å². The Morgan fingerprint density at radius 1 is 0.828 bits per heavy atom. The van der Waals surface area contributed by atoms with Gasteiger partial charge in [0.25, 0.3) is 0 Å². The largest absolute Gasteiger partial charge is 0.493 e. The van der Waals surface area contributed by atoms with Gasteiger partial charge in [-0.25, -0.2) is 9.97 Å². The van der Waals surface area contributed by atoms with Gasteiger partial charge in [0, 0.05) is 18.0 Å². The van der Waals surface area contributed by atoms with Crippen LogP contribution in [-0.4, -0.2) is 45.0 Å². The Kier molecular flexibility index (Phi) is 5.05. The van der Waals surface area contributed by atoms with E-state index in [1.807, 2.05) is 12.1 Å². The molecular weight excluding hydrogens is 370 g/mol. The lowest BCUT2D eigenvalue weighted by atomic mass is 9.92. The summed E-state index contributed by atoms with van der Waals surface area (Å²) in [6, 6.07) is 8.09. The number of benzene rings is 2. The summed E-state index contributed by atoms with van der Waals surface area (Å²) in [4.78, 5) is 11.3. The Bertz CT molecular complexity index is 1050. The SMILES string of the molecule is COc1cc2c(cc1OC)C(C)N(c1ncnc3cc(OC)c(OC)cc13)CC2. The summed E-state index contributed by atoms with van der Waals surface area (Å²) in [5.41, 5.74) is 3.29. The molecule has 29 heavy (non-hydrogen) atoms. The van der Waals surface area contributed by atoms with Crippen molar-refractivity contribution < 1.29 is 18.9 Å². The summed E-state index contributed by atoms with van der Waals surface area (Å²) in [5.74, 6) is 3.69. The Hall–Kier alpha value is -3.22. The molecule has 1 unspecified atom stereocenters. The number of hydrogen-bond donors (Lipinski definition) is 0. The number of anilines is 1. The molecule has 0 saturated carbocycles. The van der Waals surface area contributed by atoms with Gasteiger partial charge in [0.1, 0.15) is 12.1 Å². The summed E-state index contributed by atoms with van der Waals surface area (Å²) >= 11 is 0. The van der Waals surface area contributed by atoms with Crippen molar-refractivity contribution in [3.05, 3.63) is 41.7 Å². The van der Waals surface area contributed by atoms with Gasteiger partial charge in [-0.3, -0.25) is 0 Å². The maximum Gasteiger partial charge on any atom is 0.162 e. The van der Waals surface area contributed by atoms with Crippen molar-refractivity contribution in [1.29, 1.82) is 0 Å². The third-order valence-electron chi connectivity index (χ3n) is 5.58. The summed E-state index contributed by atoms with van der Waals surface area (Å²) in [6.07, 6.45) is 2.49. The first kappa shape index (κ1) is 19.1. The number of methoxy groups -OCH3 is 4. The number of hydrogen-bond acceptors (Lipinski definition) is 7. The van der Waals surface area contributed by atoms with E-state index >= 15 is 0 Å². The second-order valence-electron chi connectivity index (χ2n) is 6.95. The van der Waals surface area contributed by atoms with Crippen LogP contribution in [0, 0.1) is 0 Å². The van der Waals surface area contributed by atoms with Crippen LogP contribution < -0.4 is 23.8 Å². The van der Waals surface area contributed by atoms with Crippen LogP contribution in [0.4, 0.5) is 5.82 Å². The zero-order valence-electron chi connectivity index (χ0n) is 17.4. The highest BCUT2D eigenvalue weighted by Crippen LogP contribution is 2.41. The Labute approximate surface area is 170 Å². The summed E-state index contributed by atoms with van der Waals surface area (Å²) in [5, 5.41) is 0.931. The molecular formula is C22H25N3O4. The maximum atomic E-state index is 5.52. The molecule has 0 N–H and O–H groups in total. The van der Waals surface area contributed by atoms with Gasteiger partial charge in [-0.1, -0.05) is 0 Å². The lowest BCUT2D eigenvalue weighted by Gasteiger charge is -2.37. The van der Waals surface area contributed by atoms with Crippen molar-refractivity contribution in [2.45, 2.75) is 19.4 Å². The number of aromatic nitrogens is 2. The van der Waals surface area contributed by atoms with Gasteiger partial charge in [0.15, 0.2) is 23.0 Å². The highest BCUT2D eigenvalue weighted by Gasteiger charge is 2.28. The fourth-order valence-corrected chi connectivity index (χ4v) is 4.03. The molecule has 1 aliphatic rings. The number of nitrogens with zero attached hydrogens (tertiary/aromatic N) is 3. The van der Waals surface area contributed by atoms with Gasteiger partial charge in [-0.15, -0.1) is 0 Å². The second kappa shape index (κ2) is 7.66. The molecule has 4 rings (SSSR count). The smallest absolute Gasteiger partial charge is 0.162 e. The van der Waals surface area contributed by atoms with Gasteiger partial charge >= 0.3 is 0 Å². The van der Waals surface area contributed by atoms with Crippen LogP contribution in [-0.2, 0) is 6.42 Å². The molecule has 7 nitrogen and oxygen atoms in total. The molecule has 2 aromatic carbocycles. The zero-order valence-corrected chi connectivity index (χ0v) is 17.4. The highest BCUT2D eigenvalue weighted by atomic mass is 16.5. The fourth-order valence-electron chi connectivity index (χ4n) is 4.03. The maximum absolute atomic E-state index is 5.52. The molecule has 1 atom stereocenters. The number of fused-ring (bicyclic) bond motifs is 2. The van der Waals surface area contributed by atoms with Gasteiger partial charge in [0.05, 0.1) is 40.0 Å². The third kappa shape index (κ3) is 3.16. The van der Waals surface area contributed by atoms with Gasteiger partial charge < -0.3 is 23.8 Å². The standard InChI is InChI=1S/C22H25N3O4/c1-13-15-9-19(27-3)18(26-2)8-14(15)6-7-25(13)22-16-10-20(28-4)21(29-5)11-17(16)23-12-24-22/h8-13H,6-7H2,1-5H3. The van der Waals surface area contributed by atoms with Crippen LogP contribution in [0.3, 0.4) is 0 Å². The predicted octanol–water partition coefficient (Wildman–Crippen LogP) is 3.79. The van der Waals surface area contributed by atoms with Gasteiger partial charge in [0.2, 0.25) is 0 Å². The Morgan fingerprint density at radius 2 is 1.45 bits per heavy atom. The average Bonchev–Trinajstić information content (AvgIpc) is 2.77. The van der Waals surface area contributed by atoms with E-state index in [-0.39, 0.29) is 6.04 Å². The van der Waals surface area contributed by atoms with Crippen molar-refractivity contribution in [2.24, 2.45) is 0 Å². The van der Waals surface area contributed by atoms with Crippen LogP contribution in [0.1, 0.15) is 24.1 Å². The molecule has 0 radical (unpaired) electrons. The molecule has 1 aromatic heterocycles. The molecule has 152 valence electrons. The quantitative estimate of drug-likeness (QED) is 0.651. The van der Waals surface area contributed by atoms with Crippen LogP contribution in [0.2, 0.25) is 0 Å². The monoisotopic (exact) mass is 395 g/mol. The zero-order chi connectivity index (χ0) is 20.5. The fraction of sp³-hybridized carbons (Fsp3) is 0.364. The van der Waals surface area contributed by atoms with Crippen LogP contribution in [0.15, 0.2) is 30.6 Å². The molecule has 0 aliphatic carbocycles. The van der Waals surface area contributed by atoms with E-state index in [2.05, 4.69) is 33.9 Å². The predicted molar refractivity (Wildman–Crippen MR) is 112 cm³/mol. The molecule has 0 spiro atoms. The van der Waals surface area contributed by atoms with Crippen LogP contribution in [0.25, 0.3) is 10.9 Å². The van der Waals surface area contributed by atoms with E-state index in [0.29, 0.717) is 11.5 Å². The first-order valence-corrected chi connectivity index (χ1v) is 9.49. The lowest BCUT2D eigenvalue weighted by Crippen LogP contribution is -2.34. The minimum atomic E-state index is 0.116. The molecule has 0 bridgehead atoms. The van der Waals surface area contributed by atoms with Gasteiger partial charge in [-0.05, 0) is 42.7 Å². The highest BCUT2D eigenvalue weighted by molar-refractivity contribution is 5.92. The summed E-state index contributed by atoms with van der Waals surface area (Å²) < 4.78 is 21.9. The van der Waals surface area contributed by atoms with E-state index in [0.717, 1.165) is 41.2 Å². The van der Waals surface area contributed by atoms with Crippen molar-refractivity contribution in [1.82, 2.24) is 9.97 Å². The molecule has 7 heteroatoms. The minimum absolute atomic E-state index is 0.116. The number of rotatable bonds is 5. The van der Waals surface area contributed by atoms with Crippen LogP contribution >= 0.6 is 0 Å². The van der Waals surface area contributed by atoms with Crippen molar-refractivity contribution in [2.75, 3.05) is 39.9 Å². The molecule has 2 heterocycles. The Morgan fingerprint density at radius 3 is 2.14 bits per heavy atom. The van der Waals surface area contributed by atoms with Crippen molar-refractivity contribution >= 4 is 16.7 Å². The topological polar surface area (TPSA) is 65.9 Å². The lowest BCUT2D eigenvalue weighted by molar-refractivity contribution is 0.353. The van der Waals surface area contributed by atoms with Gasteiger partial charge in [-0.2, -0.15) is 0 Å². The molecule has 1 aliphatic heterocycles.